The van der Waals surface area contributed by atoms with Crippen LogP contribution in [-0.2, 0) is 11.8 Å². The number of hydrogen-bond donors (Lipinski definition) is 1. The maximum absolute atomic E-state index is 12.2. The summed E-state index contributed by atoms with van der Waals surface area (Å²) >= 11 is 5.90. The molecule has 1 amide bonds. The molecule has 6 heteroatoms. The minimum absolute atomic E-state index is 0.229. The van der Waals surface area contributed by atoms with Gasteiger partial charge in [0.05, 0.1) is 5.69 Å². The van der Waals surface area contributed by atoms with Gasteiger partial charge in [-0.1, -0.05) is 11.6 Å². The highest BCUT2D eigenvalue weighted by molar-refractivity contribution is 6.30. The van der Waals surface area contributed by atoms with Crippen LogP contribution < -0.4 is 10.1 Å². The molecule has 0 saturated carbocycles. The topological polar surface area (TPSA) is 56.1 Å². The van der Waals surface area contributed by atoms with Crippen molar-refractivity contribution in [2.75, 3.05) is 5.32 Å². The van der Waals surface area contributed by atoms with E-state index in [9.17, 15) is 4.79 Å². The molecule has 0 bridgehead atoms. The second kappa shape index (κ2) is 6.18. The summed E-state index contributed by atoms with van der Waals surface area (Å²) in [6, 6.07) is 7.10. The van der Waals surface area contributed by atoms with E-state index in [1.807, 2.05) is 13.8 Å². The molecule has 112 valence electrons. The molecule has 0 saturated heterocycles. The molecule has 0 radical (unpaired) electrons. The molecule has 2 aromatic rings. The lowest BCUT2D eigenvalue weighted by molar-refractivity contribution is -0.122. The van der Waals surface area contributed by atoms with E-state index in [0.717, 1.165) is 11.3 Å². The van der Waals surface area contributed by atoms with E-state index in [0.29, 0.717) is 16.6 Å². The number of aromatic nitrogens is 2. The summed E-state index contributed by atoms with van der Waals surface area (Å²) in [5, 5.41) is 7.61. The molecule has 0 spiro atoms. The predicted molar refractivity (Wildman–Crippen MR) is 82.9 cm³/mol. The normalized spacial score (nSPS) is 12.0. The lowest BCUT2D eigenvalue weighted by Gasteiger charge is -2.16. The van der Waals surface area contributed by atoms with Crippen molar-refractivity contribution in [1.29, 1.82) is 0 Å². The molecule has 5 nitrogen and oxygen atoms in total. The SMILES string of the molecule is Cc1cc(NC(=O)C(C)Oc2ccc(Cl)cc2C)n(C)n1. The lowest BCUT2D eigenvalue weighted by atomic mass is 10.2. The quantitative estimate of drug-likeness (QED) is 0.944. The summed E-state index contributed by atoms with van der Waals surface area (Å²) < 4.78 is 7.30. The number of nitrogens with zero attached hydrogens (tertiary/aromatic N) is 2. The maximum atomic E-state index is 12.2. The maximum Gasteiger partial charge on any atom is 0.266 e. The molecular formula is C15H18ClN3O2. The van der Waals surface area contributed by atoms with Crippen LogP contribution in [0.15, 0.2) is 24.3 Å². The third-order valence-corrected chi connectivity index (χ3v) is 3.30. The van der Waals surface area contributed by atoms with E-state index in [4.69, 9.17) is 16.3 Å². The Morgan fingerprint density at radius 1 is 1.38 bits per heavy atom. The van der Waals surface area contributed by atoms with Crippen LogP contribution in [-0.4, -0.2) is 21.8 Å². The first-order chi connectivity index (χ1) is 9.86. The molecule has 0 aliphatic carbocycles. The highest BCUT2D eigenvalue weighted by atomic mass is 35.5. The molecule has 1 N–H and O–H groups in total. The van der Waals surface area contributed by atoms with Gasteiger partial charge in [-0.05, 0) is 44.5 Å². The number of nitrogens with one attached hydrogen (secondary N) is 1. The number of benzene rings is 1. The lowest BCUT2D eigenvalue weighted by Crippen LogP contribution is -2.31. The van der Waals surface area contributed by atoms with E-state index in [-0.39, 0.29) is 5.91 Å². The van der Waals surface area contributed by atoms with E-state index in [1.165, 1.54) is 0 Å². The third-order valence-electron chi connectivity index (χ3n) is 3.06. The van der Waals surface area contributed by atoms with Crippen molar-refractivity contribution in [2.24, 2.45) is 7.05 Å². The minimum Gasteiger partial charge on any atom is -0.481 e. The monoisotopic (exact) mass is 307 g/mol. The van der Waals surface area contributed by atoms with Gasteiger partial charge in [-0.15, -0.1) is 0 Å². The zero-order valence-corrected chi connectivity index (χ0v) is 13.2. The Labute approximate surface area is 128 Å². The second-order valence-electron chi connectivity index (χ2n) is 4.95. The number of carbonyl (C=O) groups is 1. The molecule has 1 aromatic carbocycles. The van der Waals surface area contributed by atoms with E-state index in [1.54, 1.807) is 42.9 Å². The Bertz CT molecular complexity index is 667. The largest absolute Gasteiger partial charge is 0.481 e. The number of anilines is 1. The number of ether oxygens (including phenoxy) is 1. The highest BCUT2D eigenvalue weighted by Crippen LogP contribution is 2.23. The van der Waals surface area contributed by atoms with Gasteiger partial charge in [0, 0.05) is 18.1 Å². The molecule has 2 rings (SSSR count). The number of rotatable bonds is 4. The van der Waals surface area contributed by atoms with Gasteiger partial charge in [-0.2, -0.15) is 5.10 Å². The van der Waals surface area contributed by atoms with Crippen molar-refractivity contribution in [1.82, 2.24) is 9.78 Å². The molecule has 1 unspecified atom stereocenters. The van der Waals surface area contributed by atoms with Gasteiger partial charge in [0.15, 0.2) is 6.10 Å². The summed E-state index contributed by atoms with van der Waals surface area (Å²) in [6.07, 6.45) is -0.625. The van der Waals surface area contributed by atoms with Gasteiger partial charge in [0.1, 0.15) is 11.6 Å². The van der Waals surface area contributed by atoms with Crippen LogP contribution in [0, 0.1) is 13.8 Å². The number of carbonyl (C=O) groups excluding carboxylic acids is 1. The Hall–Kier alpha value is -2.01. The zero-order chi connectivity index (χ0) is 15.6. The number of hydrogen-bond acceptors (Lipinski definition) is 3. The van der Waals surface area contributed by atoms with E-state index < -0.39 is 6.10 Å². The fourth-order valence-corrected chi connectivity index (χ4v) is 2.17. The van der Waals surface area contributed by atoms with Crippen LogP contribution in [0.2, 0.25) is 5.02 Å². The van der Waals surface area contributed by atoms with Crippen molar-refractivity contribution in [2.45, 2.75) is 26.9 Å². The molecule has 0 aliphatic rings. The third kappa shape index (κ3) is 3.76. The van der Waals surface area contributed by atoms with Crippen molar-refractivity contribution < 1.29 is 9.53 Å². The van der Waals surface area contributed by atoms with Crippen molar-refractivity contribution in [3.05, 3.63) is 40.5 Å². The predicted octanol–water partition coefficient (Wildman–Crippen LogP) is 3.10. The Morgan fingerprint density at radius 3 is 2.67 bits per heavy atom. The fourth-order valence-electron chi connectivity index (χ4n) is 1.94. The van der Waals surface area contributed by atoms with Crippen LogP contribution in [0.1, 0.15) is 18.2 Å². The molecule has 21 heavy (non-hydrogen) atoms. The van der Waals surface area contributed by atoms with Gasteiger partial charge in [-0.3, -0.25) is 9.48 Å². The van der Waals surface area contributed by atoms with Crippen molar-refractivity contribution >= 4 is 23.3 Å². The molecule has 1 heterocycles. The molecule has 0 fully saturated rings. The standard InChI is InChI=1S/C15H18ClN3O2/c1-9-7-12(16)5-6-13(9)21-11(3)15(20)17-14-8-10(2)18-19(14)4/h5-8,11H,1-4H3,(H,17,20). The van der Waals surface area contributed by atoms with Crippen molar-refractivity contribution in [3.63, 3.8) is 0 Å². The summed E-state index contributed by atoms with van der Waals surface area (Å²) in [5.41, 5.74) is 1.73. The van der Waals surface area contributed by atoms with E-state index in [2.05, 4.69) is 10.4 Å². The van der Waals surface area contributed by atoms with Crippen LogP contribution in [0.5, 0.6) is 5.75 Å². The number of aryl methyl sites for hydroxylation is 3. The molecular weight excluding hydrogens is 290 g/mol. The van der Waals surface area contributed by atoms with Gasteiger partial charge >= 0.3 is 0 Å². The second-order valence-corrected chi connectivity index (χ2v) is 5.39. The Balaban J connectivity index is 2.04. The smallest absolute Gasteiger partial charge is 0.266 e. The summed E-state index contributed by atoms with van der Waals surface area (Å²) in [5.74, 6) is 1.05. The molecule has 1 aromatic heterocycles. The summed E-state index contributed by atoms with van der Waals surface area (Å²) in [6.45, 7) is 5.45. The van der Waals surface area contributed by atoms with Gasteiger partial charge in [0.2, 0.25) is 0 Å². The first kappa shape index (κ1) is 15.4. The highest BCUT2D eigenvalue weighted by Gasteiger charge is 2.17. The average molecular weight is 308 g/mol. The first-order valence-electron chi connectivity index (χ1n) is 6.61. The molecule has 1 atom stereocenters. The summed E-state index contributed by atoms with van der Waals surface area (Å²) in [4.78, 5) is 12.2. The van der Waals surface area contributed by atoms with Crippen LogP contribution in [0.3, 0.4) is 0 Å². The average Bonchev–Trinajstić information content (AvgIpc) is 2.71. The van der Waals surface area contributed by atoms with E-state index >= 15 is 0 Å². The molecule has 0 aliphatic heterocycles. The van der Waals surface area contributed by atoms with Gasteiger partial charge in [0.25, 0.3) is 5.91 Å². The Morgan fingerprint density at radius 2 is 2.10 bits per heavy atom. The van der Waals surface area contributed by atoms with Crippen LogP contribution in [0.25, 0.3) is 0 Å². The first-order valence-corrected chi connectivity index (χ1v) is 6.99. The zero-order valence-electron chi connectivity index (χ0n) is 12.5. The number of halogens is 1. The van der Waals surface area contributed by atoms with Gasteiger partial charge < -0.3 is 10.1 Å². The van der Waals surface area contributed by atoms with Crippen LogP contribution in [0.4, 0.5) is 5.82 Å². The van der Waals surface area contributed by atoms with Crippen LogP contribution >= 0.6 is 11.6 Å². The summed E-state index contributed by atoms with van der Waals surface area (Å²) in [7, 11) is 1.78. The number of amides is 1. The van der Waals surface area contributed by atoms with Gasteiger partial charge in [-0.25, -0.2) is 0 Å². The Kier molecular flexibility index (Phi) is 4.53. The fraction of sp³-hybridized carbons (Fsp3) is 0.333. The minimum atomic E-state index is -0.625. The van der Waals surface area contributed by atoms with Crippen molar-refractivity contribution in [3.8, 4) is 5.75 Å².